The Morgan fingerprint density at radius 3 is 2.90 bits per heavy atom. The Kier molecular flexibility index (Phi) is 4.47. The standard InChI is InChI=1S/C14H17N3O3/c1-10-4-3-5-11(8-10)14-16-15-12(20-14)9-17(2)7-6-13(18)19/h3-5,8H,6-7,9H2,1-2H3,(H,18,19). The Bertz CT molecular complexity index is 595. The van der Waals surface area contributed by atoms with Crippen molar-refractivity contribution in [2.24, 2.45) is 0 Å². The van der Waals surface area contributed by atoms with Gasteiger partial charge < -0.3 is 9.52 Å². The van der Waals surface area contributed by atoms with Gasteiger partial charge in [0.2, 0.25) is 11.8 Å². The lowest BCUT2D eigenvalue weighted by Crippen LogP contribution is -2.21. The molecule has 20 heavy (non-hydrogen) atoms. The minimum absolute atomic E-state index is 0.0926. The Balaban J connectivity index is 2.00. The van der Waals surface area contributed by atoms with Crippen LogP contribution in [0.1, 0.15) is 17.9 Å². The number of aromatic nitrogens is 2. The largest absolute Gasteiger partial charge is 0.481 e. The van der Waals surface area contributed by atoms with E-state index in [4.69, 9.17) is 9.52 Å². The highest BCUT2D eigenvalue weighted by atomic mass is 16.4. The van der Waals surface area contributed by atoms with Gasteiger partial charge in [0.1, 0.15) is 0 Å². The summed E-state index contributed by atoms with van der Waals surface area (Å²) in [6.07, 6.45) is 0.0926. The second-order valence-electron chi connectivity index (χ2n) is 4.75. The molecule has 0 unspecified atom stereocenters. The summed E-state index contributed by atoms with van der Waals surface area (Å²) in [6.45, 7) is 2.88. The first-order valence-corrected chi connectivity index (χ1v) is 6.34. The zero-order valence-electron chi connectivity index (χ0n) is 11.5. The third-order valence-electron chi connectivity index (χ3n) is 2.84. The van der Waals surface area contributed by atoms with Crippen molar-refractivity contribution < 1.29 is 14.3 Å². The van der Waals surface area contributed by atoms with Crippen LogP contribution in [0.5, 0.6) is 0 Å². The quantitative estimate of drug-likeness (QED) is 0.868. The maximum absolute atomic E-state index is 10.5. The second-order valence-corrected chi connectivity index (χ2v) is 4.75. The SMILES string of the molecule is Cc1cccc(-c2nnc(CN(C)CCC(=O)O)o2)c1. The minimum atomic E-state index is -0.817. The number of rotatable bonds is 6. The predicted molar refractivity (Wildman–Crippen MR) is 73.1 cm³/mol. The van der Waals surface area contributed by atoms with E-state index in [-0.39, 0.29) is 6.42 Å². The van der Waals surface area contributed by atoms with Gasteiger partial charge in [-0.05, 0) is 26.1 Å². The molecule has 0 amide bonds. The van der Waals surface area contributed by atoms with Gasteiger partial charge in [0, 0.05) is 12.1 Å². The van der Waals surface area contributed by atoms with E-state index in [9.17, 15) is 4.79 Å². The third kappa shape index (κ3) is 3.89. The molecule has 1 aromatic heterocycles. The summed E-state index contributed by atoms with van der Waals surface area (Å²) in [4.78, 5) is 12.3. The van der Waals surface area contributed by atoms with Crippen LogP contribution < -0.4 is 0 Å². The maximum atomic E-state index is 10.5. The fraction of sp³-hybridized carbons (Fsp3) is 0.357. The van der Waals surface area contributed by atoms with Crippen molar-refractivity contribution in [3.8, 4) is 11.5 Å². The fourth-order valence-electron chi connectivity index (χ4n) is 1.81. The number of nitrogens with zero attached hydrogens (tertiary/aromatic N) is 3. The molecule has 1 heterocycles. The molecule has 2 rings (SSSR count). The number of carbonyl (C=O) groups is 1. The van der Waals surface area contributed by atoms with Crippen LogP contribution in [0.2, 0.25) is 0 Å². The molecule has 0 aliphatic rings. The summed E-state index contributed by atoms with van der Waals surface area (Å²) in [5, 5.41) is 16.6. The molecule has 6 heteroatoms. The molecule has 106 valence electrons. The monoisotopic (exact) mass is 275 g/mol. The lowest BCUT2D eigenvalue weighted by molar-refractivity contribution is -0.137. The maximum Gasteiger partial charge on any atom is 0.304 e. The molecular formula is C14H17N3O3. The molecule has 0 bridgehead atoms. The van der Waals surface area contributed by atoms with Crippen LogP contribution in [0.15, 0.2) is 28.7 Å². The first-order chi connectivity index (χ1) is 9.54. The molecule has 0 radical (unpaired) electrons. The zero-order valence-corrected chi connectivity index (χ0v) is 11.5. The predicted octanol–water partition coefficient (Wildman–Crippen LogP) is 1.95. The van der Waals surface area contributed by atoms with Crippen molar-refractivity contribution in [3.05, 3.63) is 35.7 Å². The summed E-state index contributed by atoms with van der Waals surface area (Å²) in [6, 6.07) is 7.83. The Labute approximate surface area is 117 Å². The van der Waals surface area contributed by atoms with Gasteiger partial charge in [0.05, 0.1) is 13.0 Å². The molecular weight excluding hydrogens is 258 g/mol. The molecule has 0 saturated heterocycles. The van der Waals surface area contributed by atoms with Crippen LogP contribution in [0, 0.1) is 6.92 Å². The normalized spacial score (nSPS) is 10.9. The molecule has 0 fully saturated rings. The summed E-state index contributed by atoms with van der Waals surface area (Å²) in [7, 11) is 1.82. The van der Waals surface area contributed by atoms with Gasteiger partial charge in [-0.1, -0.05) is 17.7 Å². The van der Waals surface area contributed by atoms with Crippen LogP contribution in [0.4, 0.5) is 0 Å². The van der Waals surface area contributed by atoms with Gasteiger partial charge in [-0.2, -0.15) is 0 Å². The summed E-state index contributed by atoms with van der Waals surface area (Å²) in [5.41, 5.74) is 2.01. The van der Waals surface area contributed by atoms with Crippen LogP contribution in [-0.2, 0) is 11.3 Å². The number of hydrogen-bond donors (Lipinski definition) is 1. The van der Waals surface area contributed by atoms with Gasteiger partial charge in [0.25, 0.3) is 0 Å². The molecule has 1 aromatic carbocycles. The molecule has 6 nitrogen and oxygen atoms in total. The zero-order chi connectivity index (χ0) is 14.5. The highest BCUT2D eigenvalue weighted by Gasteiger charge is 2.11. The molecule has 0 aliphatic carbocycles. The number of aliphatic carboxylic acids is 1. The van der Waals surface area contributed by atoms with Gasteiger partial charge in [-0.25, -0.2) is 0 Å². The molecule has 0 saturated carbocycles. The fourth-order valence-corrected chi connectivity index (χ4v) is 1.81. The Morgan fingerprint density at radius 2 is 2.20 bits per heavy atom. The second kappa shape index (κ2) is 6.29. The van der Waals surface area contributed by atoms with Crippen molar-refractivity contribution in [1.29, 1.82) is 0 Å². The molecule has 1 N–H and O–H groups in total. The van der Waals surface area contributed by atoms with E-state index in [1.165, 1.54) is 0 Å². The average Bonchev–Trinajstić information content (AvgIpc) is 2.85. The van der Waals surface area contributed by atoms with E-state index in [1.807, 2.05) is 43.1 Å². The lowest BCUT2D eigenvalue weighted by atomic mass is 10.1. The van der Waals surface area contributed by atoms with E-state index < -0.39 is 5.97 Å². The number of hydrogen-bond acceptors (Lipinski definition) is 5. The van der Waals surface area contributed by atoms with E-state index in [1.54, 1.807) is 0 Å². The summed E-state index contributed by atoms with van der Waals surface area (Å²) in [5.74, 6) is 0.146. The lowest BCUT2D eigenvalue weighted by Gasteiger charge is -2.11. The summed E-state index contributed by atoms with van der Waals surface area (Å²) >= 11 is 0. The van der Waals surface area contributed by atoms with E-state index in [2.05, 4.69) is 10.2 Å². The minimum Gasteiger partial charge on any atom is -0.481 e. The Morgan fingerprint density at radius 1 is 1.40 bits per heavy atom. The molecule has 0 atom stereocenters. The first-order valence-electron chi connectivity index (χ1n) is 6.34. The van der Waals surface area contributed by atoms with Crippen molar-refractivity contribution >= 4 is 5.97 Å². The molecule has 2 aromatic rings. The first kappa shape index (κ1) is 14.2. The topological polar surface area (TPSA) is 79.5 Å². The average molecular weight is 275 g/mol. The van der Waals surface area contributed by atoms with Crippen LogP contribution >= 0.6 is 0 Å². The molecule has 0 aliphatic heterocycles. The van der Waals surface area contributed by atoms with Crippen molar-refractivity contribution in [2.45, 2.75) is 19.9 Å². The van der Waals surface area contributed by atoms with Crippen molar-refractivity contribution in [1.82, 2.24) is 15.1 Å². The van der Waals surface area contributed by atoms with E-state index in [0.717, 1.165) is 11.1 Å². The number of carboxylic acids is 1. The third-order valence-corrected chi connectivity index (χ3v) is 2.84. The summed E-state index contributed by atoms with van der Waals surface area (Å²) < 4.78 is 5.59. The van der Waals surface area contributed by atoms with Crippen molar-refractivity contribution in [2.75, 3.05) is 13.6 Å². The smallest absolute Gasteiger partial charge is 0.304 e. The number of benzene rings is 1. The number of carboxylic acid groups (broad SMARTS) is 1. The van der Waals surface area contributed by atoms with E-state index in [0.29, 0.717) is 24.9 Å². The number of aryl methyl sites for hydroxylation is 1. The highest BCUT2D eigenvalue weighted by molar-refractivity contribution is 5.66. The van der Waals surface area contributed by atoms with Gasteiger partial charge >= 0.3 is 5.97 Å². The van der Waals surface area contributed by atoms with Crippen LogP contribution in [-0.4, -0.2) is 39.8 Å². The van der Waals surface area contributed by atoms with E-state index >= 15 is 0 Å². The van der Waals surface area contributed by atoms with Crippen molar-refractivity contribution in [3.63, 3.8) is 0 Å². The Hall–Kier alpha value is -2.21. The van der Waals surface area contributed by atoms with Gasteiger partial charge in [-0.3, -0.25) is 9.69 Å². The molecule has 0 spiro atoms. The highest BCUT2D eigenvalue weighted by Crippen LogP contribution is 2.19. The van der Waals surface area contributed by atoms with Crippen LogP contribution in [0.3, 0.4) is 0 Å². The van der Waals surface area contributed by atoms with Gasteiger partial charge in [-0.15, -0.1) is 10.2 Å². The van der Waals surface area contributed by atoms with Gasteiger partial charge in [0.15, 0.2) is 0 Å². The van der Waals surface area contributed by atoms with Crippen LogP contribution in [0.25, 0.3) is 11.5 Å².